The fraction of sp³-hybridized carbons (Fsp3) is 0.600. The molecule has 0 saturated carbocycles. The number of halogens is 1. The zero-order valence-corrected chi connectivity index (χ0v) is 10.2. The minimum atomic E-state index is 0.753. The van der Waals surface area contributed by atoms with Gasteiger partial charge in [-0.3, -0.25) is 0 Å². The third-order valence-corrected chi connectivity index (χ3v) is 4.87. The van der Waals surface area contributed by atoms with Crippen LogP contribution in [-0.4, -0.2) is 13.1 Å². The molecule has 1 fully saturated rings. The second kappa shape index (κ2) is 4.11. The molecule has 0 aromatic carbocycles. The molecule has 0 unspecified atom stereocenters. The van der Waals surface area contributed by atoms with Gasteiger partial charge in [0.15, 0.2) is 0 Å². The van der Waals surface area contributed by atoms with E-state index in [1.54, 1.807) is 0 Å². The fourth-order valence-corrected chi connectivity index (χ4v) is 3.49. The van der Waals surface area contributed by atoms with Gasteiger partial charge in [0.2, 0.25) is 0 Å². The Labute approximate surface area is 91.7 Å². The molecule has 1 aliphatic rings. The van der Waals surface area contributed by atoms with E-state index in [1.165, 1.54) is 33.6 Å². The monoisotopic (exact) mass is 259 g/mol. The molecule has 1 atom stereocenters. The third-order valence-electron chi connectivity index (χ3n) is 2.58. The van der Waals surface area contributed by atoms with Crippen LogP contribution in [0.3, 0.4) is 0 Å². The van der Waals surface area contributed by atoms with Gasteiger partial charge in [-0.25, -0.2) is 0 Å². The summed E-state index contributed by atoms with van der Waals surface area (Å²) in [5, 5.41) is 3.45. The van der Waals surface area contributed by atoms with Crippen molar-refractivity contribution in [2.75, 3.05) is 13.1 Å². The highest BCUT2D eigenvalue weighted by atomic mass is 79.9. The van der Waals surface area contributed by atoms with Crippen molar-refractivity contribution in [3.05, 3.63) is 20.3 Å². The van der Waals surface area contributed by atoms with E-state index in [9.17, 15) is 0 Å². The fourth-order valence-electron chi connectivity index (χ4n) is 1.78. The first-order valence-corrected chi connectivity index (χ1v) is 6.35. The largest absolute Gasteiger partial charge is 0.316 e. The predicted octanol–water partition coefficient (Wildman–Crippen LogP) is 3.29. The molecule has 72 valence electrons. The van der Waals surface area contributed by atoms with E-state index in [1.807, 2.05) is 11.3 Å². The first-order valence-electron chi connectivity index (χ1n) is 4.74. The van der Waals surface area contributed by atoms with Crippen LogP contribution in [0.5, 0.6) is 0 Å². The van der Waals surface area contributed by atoms with E-state index in [0.29, 0.717) is 0 Å². The zero-order chi connectivity index (χ0) is 9.26. The van der Waals surface area contributed by atoms with Gasteiger partial charge in [-0.2, -0.15) is 0 Å². The summed E-state index contributed by atoms with van der Waals surface area (Å²) >= 11 is 5.48. The van der Waals surface area contributed by atoms with Gasteiger partial charge in [-0.1, -0.05) is 0 Å². The number of hydrogen-bond acceptors (Lipinski definition) is 2. The normalized spacial score (nSPS) is 23.4. The summed E-state index contributed by atoms with van der Waals surface area (Å²) in [4.78, 5) is 1.54. The Balaban J connectivity index is 2.14. The lowest BCUT2D eigenvalue weighted by atomic mass is 9.98. The molecule has 1 aliphatic heterocycles. The Hall–Kier alpha value is 0.140. The molecule has 1 aromatic heterocycles. The quantitative estimate of drug-likeness (QED) is 0.817. The van der Waals surface area contributed by atoms with Crippen molar-refractivity contribution >= 4 is 27.3 Å². The maximum Gasteiger partial charge on any atom is 0.0730 e. The summed E-state index contributed by atoms with van der Waals surface area (Å²) in [6.45, 7) is 4.52. The van der Waals surface area contributed by atoms with Gasteiger partial charge >= 0.3 is 0 Å². The minimum Gasteiger partial charge on any atom is -0.316 e. The van der Waals surface area contributed by atoms with Crippen molar-refractivity contribution in [2.45, 2.75) is 25.7 Å². The second-order valence-corrected chi connectivity index (χ2v) is 6.05. The zero-order valence-electron chi connectivity index (χ0n) is 7.77. The first-order chi connectivity index (χ1) is 6.27. The van der Waals surface area contributed by atoms with Crippen molar-refractivity contribution in [3.63, 3.8) is 0 Å². The lowest BCUT2D eigenvalue weighted by molar-refractivity contribution is 0.466. The van der Waals surface area contributed by atoms with Crippen molar-refractivity contribution in [3.8, 4) is 0 Å². The predicted molar refractivity (Wildman–Crippen MR) is 61.6 cm³/mol. The maximum absolute atomic E-state index is 3.58. The molecule has 0 bridgehead atoms. The molecule has 0 aliphatic carbocycles. The Morgan fingerprint density at radius 1 is 1.62 bits per heavy atom. The summed E-state index contributed by atoms with van der Waals surface area (Å²) in [5.74, 6) is 0.753. The highest BCUT2D eigenvalue weighted by Crippen LogP contribution is 2.34. The van der Waals surface area contributed by atoms with Crippen LogP contribution in [0.15, 0.2) is 9.85 Å². The van der Waals surface area contributed by atoms with Gasteiger partial charge < -0.3 is 5.32 Å². The molecule has 1 aromatic rings. The van der Waals surface area contributed by atoms with Crippen LogP contribution >= 0.6 is 27.3 Å². The van der Waals surface area contributed by atoms with Crippen LogP contribution in [-0.2, 0) is 0 Å². The summed E-state index contributed by atoms with van der Waals surface area (Å²) in [7, 11) is 0. The summed E-state index contributed by atoms with van der Waals surface area (Å²) in [5.41, 5.74) is 1.38. The third kappa shape index (κ3) is 2.14. The van der Waals surface area contributed by atoms with Gasteiger partial charge in [0, 0.05) is 17.3 Å². The lowest BCUT2D eigenvalue weighted by Gasteiger charge is -2.21. The topological polar surface area (TPSA) is 12.0 Å². The molecule has 1 N–H and O–H groups in total. The Morgan fingerprint density at radius 3 is 3.00 bits per heavy atom. The number of thiophene rings is 1. The summed E-state index contributed by atoms with van der Waals surface area (Å²) in [6, 6.07) is 2.33. The molecular weight excluding hydrogens is 246 g/mol. The smallest absolute Gasteiger partial charge is 0.0730 e. The molecule has 0 spiro atoms. The van der Waals surface area contributed by atoms with Crippen LogP contribution in [0.4, 0.5) is 0 Å². The van der Waals surface area contributed by atoms with E-state index < -0.39 is 0 Å². The molecule has 1 nitrogen and oxygen atoms in total. The number of hydrogen-bond donors (Lipinski definition) is 1. The second-order valence-electron chi connectivity index (χ2n) is 3.65. The minimum absolute atomic E-state index is 0.753. The molecule has 0 amide bonds. The van der Waals surface area contributed by atoms with Crippen LogP contribution in [0.2, 0.25) is 0 Å². The van der Waals surface area contributed by atoms with Crippen molar-refractivity contribution < 1.29 is 0 Å². The summed E-state index contributed by atoms with van der Waals surface area (Å²) in [6.07, 6.45) is 2.67. The molecule has 2 rings (SSSR count). The molecule has 1 saturated heterocycles. The standard InChI is InChI=1S/C10H14BrNS/c1-7-5-9(13-10(7)11)8-3-2-4-12-6-8/h5,8,12H,2-4,6H2,1H3/t8-/m0/s1. The summed E-state index contributed by atoms with van der Waals surface area (Å²) < 4.78 is 1.30. The Bertz CT molecular complexity index is 270. The lowest BCUT2D eigenvalue weighted by Crippen LogP contribution is -2.27. The van der Waals surface area contributed by atoms with Crippen LogP contribution < -0.4 is 5.32 Å². The highest BCUT2D eigenvalue weighted by Gasteiger charge is 2.17. The number of piperidine rings is 1. The van der Waals surface area contributed by atoms with Crippen molar-refractivity contribution in [2.24, 2.45) is 0 Å². The van der Waals surface area contributed by atoms with E-state index in [4.69, 9.17) is 0 Å². The molecule has 3 heteroatoms. The molecule has 2 heterocycles. The van der Waals surface area contributed by atoms with Gasteiger partial charge in [0.05, 0.1) is 3.79 Å². The first kappa shape index (κ1) is 9.69. The van der Waals surface area contributed by atoms with Crippen molar-refractivity contribution in [1.82, 2.24) is 5.32 Å². The molecule has 0 radical (unpaired) electrons. The maximum atomic E-state index is 3.58. The van der Waals surface area contributed by atoms with Gasteiger partial charge in [-0.15, -0.1) is 11.3 Å². The van der Waals surface area contributed by atoms with E-state index in [2.05, 4.69) is 34.2 Å². The van der Waals surface area contributed by atoms with Crippen LogP contribution in [0, 0.1) is 6.92 Å². The van der Waals surface area contributed by atoms with Gasteiger partial charge in [0.1, 0.15) is 0 Å². The van der Waals surface area contributed by atoms with Gasteiger partial charge in [0.25, 0.3) is 0 Å². The molecule has 13 heavy (non-hydrogen) atoms. The SMILES string of the molecule is Cc1cc([C@H]2CCCNC2)sc1Br. The average molecular weight is 260 g/mol. The number of nitrogens with one attached hydrogen (secondary N) is 1. The number of rotatable bonds is 1. The van der Waals surface area contributed by atoms with E-state index in [0.717, 1.165) is 12.5 Å². The van der Waals surface area contributed by atoms with Crippen molar-refractivity contribution in [1.29, 1.82) is 0 Å². The molecular formula is C10H14BrNS. The van der Waals surface area contributed by atoms with Gasteiger partial charge in [-0.05, 0) is 53.9 Å². The number of aryl methyl sites for hydroxylation is 1. The van der Waals surface area contributed by atoms with E-state index >= 15 is 0 Å². The highest BCUT2D eigenvalue weighted by molar-refractivity contribution is 9.11. The van der Waals surface area contributed by atoms with Crippen LogP contribution in [0.1, 0.15) is 29.2 Å². The average Bonchev–Trinajstić information content (AvgIpc) is 2.49. The van der Waals surface area contributed by atoms with Crippen LogP contribution in [0.25, 0.3) is 0 Å². The van der Waals surface area contributed by atoms with E-state index in [-0.39, 0.29) is 0 Å². The Morgan fingerprint density at radius 2 is 2.46 bits per heavy atom. The Kier molecular flexibility index (Phi) is 3.06.